The molecule has 0 radical (unpaired) electrons. The largest absolute Gasteiger partial charge is 0.490 e. The molecule has 1 aliphatic heterocycles. The first-order valence-corrected chi connectivity index (χ1v) is 8.29. The number of ether oxygens (including phenoxy) is 2. The third-order valence-electron chi connectivity index (χ3n) is 4.42. The molecule has 3 rings (SSSR count). The van der Waals surface area contributed by atoms with Crippen LogP contribution in [0.3, 0.4) is 0 Å². The molecule has 112 valence electrons. The highest BCUT2D eigenvalue weighted by Gasteiger charge is 2.40. The average Bonchev–Trinajstić information content (AvgIpc) is 2.94. The van der Waals surface area contributed by atoms with Crippen LogP contribution in [0.25, 0.3) is 0 Å². The molecule has 1 saturated heterocycles. The van der Waals surface area contributed by atoms with Gasteiger partial charge in [0.15, 0.2) is 0 Å². The van der Waals surface area contributed by atoms with Gasteiger partial charge in [-0.1, -0.05) is 24.7 Å². The van der Waals surface area contributed by atoms with Gasteiger partial charge in [-0.2, -0.15) is 0 Å². The first-order chi connectivity index (χ1) is 10.3. The minimum atomic E-state index is 0.106. The van der Waals surface area contributed by atoms with Crippen molar-refractivity contribution >= 4 is 11.6 Å². The van der Waals surface area contributed by atoms with Crippen LogP contribution in [0, 0.1) is 11.8 Å². The highest BCUT2D eigenvalue weighted by atomic mass is 35.5. The summed E-state index contributed by atoms with van der Waals surface area (Å²) in [7, 11) is 0. The van der Waals surface area contributed by atoms with Gasteiger partial charge in [-0.15, -0.1) is 11.6 Å². The van der Waals surface area contributed by atoms with E-state index in [1.807, 2.05) is 24.3 Å². The van der Waals surface area contributed by atoms with Crippen molar-refractivity contribution in [2.75, 3.05) is 12.5 Å². The van der Waals surface area contributed by atoms with Crippen LogP contribution in [-0.4, -0.2) is 24.2 Å². The van der Waals surface area contributed by atoms with Crippen LogP contribution in [0.2, 0.25) is 0 Å². The van der Waals surface area contributed by atoms with E-state index < -0.39 is 0 Å². The monoisotopic (exact) mass is 304 g/mol. The van der Waals surface area contributed by atoms with Crippen LogP contribution in [0.5, 0.6) is 5.75 Å². The van der Waals surface area contributed by atoms with Crippen molar-refractivity contribution in [3.63, 3.8) is 0 Å². The number of halogens is 1. The molecule has 1 aliphatic carbocycles. The molecule has 2 nitrogen and oxygen atoms in total. The topological polar surface area (TPSA) is 18.5 Å². The van der Waals surface area contributed by atoms with Gasteiger partial charge in [0.2, 0.25) is 0 Å². The Kier molecular flexibility index (Phi) is 4.73. The van der Waals surface area contributed by atoms with E-state index in [0.717, 1.165) is 30.8 Å². The predicted molar refractivity (Wildman–Crippen MR) is 84.8 cm³/mol. The molecule has 0 amide bonds. The van der Waals surface area contributed by atoms with Gasteiger partial charge in [-0.25, -0.2) is 0 Å². The molecule has 1 aromatic carbocycles. The molecule has 1 aromatic rings. The lowest BCUT2D eigenvalue weighted by Crippen LogP contribution is -2.41. The third-order valence-corrected chi connectivity index (χ3v) is 4.55. The summed E-state index contributed by atoms with van der Waals surface area (Å²) in [5.41, 5.74) is 1.08. The van der Waals surface area contributed by atoms with E-state index >= 15 is 0 Å². The van der Waals surface area contributed by atoms with Gasteiger partial charge in [0, 0.05) is 18.4 Å². The first kappa shape index (κ1) is 14.8. The molecule has 1 spiro atoms. The van der Waals surface area contributed by atoms with E-state index in [1.165, 1.54) is 25.7 Å². The molecule has 0 N–H and O–H groups in total. The molecule has 1 atom stereocenters. The van der Waals surface area contributed by atoms with Gasteiger partial charge in [0.05, 0.1) is 18.1 Å². The number of rotatable bonds is 2. The molecule has 1 heterocycles. The van der Waals surface area contributed by atoms with E-state index in [9.17, 15) is 0 Å². The second-order valence-electron chi connectivity index (χ2n) is 5.93. The molecule has 1 unspecified atom stereocenters. The Labute approximate surface area is 131 Å². The Morgan fingerprint density at radius 3 is 2.71 bits per heavy atom. The zero-order chi connectivity index (χ0) is 14.5. The fraction of sp³-hybridized carbons (Fsp3) is 0.556. The van der Waals surface area contributed by atoms with Crippen molar-refractivity contribution in [1.82, 2.24) is 0 Å². The van der Waals surface area contributed by atoms with Gasteiger partial charge < -0.3 is 9.47 Å². The van der Waals surface area contributed by atoms with Crippen molar-refractivity contribution in [2.45, 2.75) is 50.2 Å². The van der Waals surface area contributed by atoms with E-state index in [2.05, 4.69) is 11.8 Å². The van der Waals surface area contributed by atoms with Crippen molar-refractivity contribution in [3.05, 3.63) is 29.8 Å². The van der Waals surface area contributed by atoms with Gasteiger partial charge in [0.25, 0.3) is 0 Å². The summed E-state index contributed by atoms with van der Waals surface area (Å²) in [4.78, 5) is 0. The number of hydrogen-bond donors (Lipinski definition) is 0. The maximum Gasteiger partial charge on any atom is 0.119 e. The maximum atomic E-state index is 6.15. The fourth-order valence-corrected chi connectivity index (χ4v) is 3.46. The molecule has 2 fully saturated rings. The fourth-order valence-electron chi connectivity index (χ4n) is 3.40. The Bertz CT molecular complexity index is 520. The zero-order valence-electron chi connectivity index (χ0n) is 12.2. The normalized spacial score (nSPS) is 23.6. The van der Waals surface area contributed by atoms with E-state index in [0.29, 0.717) is 5.88 Å². The van der Waals surface area contributed by atoms with E-state index in [4.69, 9.17) is 21.1 Å². The number of hydrogen-bond acceptors (Lipinski definition) is 2. The molecular formula is C18H21ClO2. The van der Waals surface area contributed by atoms with Crippen molar-refractivity contribution in [2.24, 2.45) is 0 Å². The van der Waals surface area contributed by atoms with Crippen LogP contribution in [0.4, 0.5) is 0 Å². The summed E-state index contributed by atoms with van der Waals surface area (Å²) < 4.78 is 12.2. The van der Waals surface area contributed by atoms with Crippen molar-refractivity contribution in [3.8, 4) is 17.6 Å². The third kappa shape index (κ3) is 3.73. The van der Waals surface area contributed by atoms with Crippen LogP contribution in [0.15, 0.2) is 24.3 Å². The van der Waals surface area contributed by atoms with Crippen molar-refractivity contribution < 1.29 is 9.47 Å². The van der Waals surface area contributed by atoms with Crippen LogP contribution < -0.4 is 4.74 Å². The highest BCUT2D eigenvalue weighted by molar-refractivity contribution is 6.19. The molecule has 1 saturated carbocycles. The highest BCUT2D eigenvalue weighted by Crippen LogP contribution is 2.40. The molecule has 21 heavy (non-hydrogen) atoms. The lowest BCUT2D eigenvalue weighted by molar-refractivity contribution is -0.108. The number of alkyl halides is 1. The molecule has 2 aliphatic rings. The Hall–Kier alpha value is -1.17. The van der Waals surface area contributed by atoms with Gasteiger partial charge in [0.1, 0.15) is 11.9 Å². The minimum absolute atomic E-state index is 0.106. The second kappa shape index (κ2) is 6.73. The quantitative estimate of drug-likeness (QED) is 0.604. The summed E-state index contributed by atoms with van der Waals surface area (Å²) in [6.45, 7) is 0.823. The van der Waals surface area contributed by atoms with Crippen molar-refractivity contribution in [1.29, 1.82) is 0 Å². The van der Waals surface area contributed by atoms with Crippen LogP contribution >= 0.6 is 11.6 Å². The summed E-state index contributed by atoms with van der Waals surface area (Å²) in [6.07, 6.45) is 7.26. The smallest absolute Gasteiger partial charge is 0.119 e. The average molecular weight is 305 g/mol. The molecular weight excluding hydrogens is 284 g/mol. The summed E-state index contributed by atoms with van der Waals surface area (Å²) in [5.74, 6) is 7.15. The minimum Gasteiger partial charge on any atom is -0.490 e. The summed E-state index contributed by atoms with van der Waals surface area (Å²) >= 11 is 5.56. The predicted octanol–water partition coefficient (Wildman–Crippen LogP) is 4.15. The van der Waals surface area contributed by atoms with Crippen LogP contribution in [-0.2, 0) is 4.74 Å². The molecule has 3 heteroatoms. The summed E-state index contributed by atoms with van der Waals surface area (Å²) in [5, 5.41) is 0. The van der Waals surface area contributed by atoms with E-state index in [1.54, 1.807) is 0 Å². The summed E-state index contributed by atoms with van der Waals surface area (Å²) in [6, 6.07) is 7.96. The SMILES string of the molecule is ClCC#Cc1ccc(OC2CCOC3(CCCC3)C2)cc1. The molecule has 0 aromatic heterocycles. The lowest BCUT2D eigenvalue weighted by Gasteiger charge is -2.38. The Morgan fingerprint density at radius 2 is 2.00 bits per heavy atom. The first-order valence-electron chi connectivity index (χ1n) is 7.75. The Morgan fingerprint density at radius 1 is 1.24 bits per heavy atom. The van der Waals surface area contributed by atoms with Crippen LogP contribution in [0.1, 0.15) is 44.1 Å². The molecule has 0 bridgehead atoms. The Balaban J connectivity index is 1.60. The maximum absolute atomic E-state index is 6.15. The number of benzene rings is 1. The van der Waals surface area contributed by atoms with Gasteiger partial charge >= 0.3 is 0 Å². The van der Waals surface area contributed by atoms with Gasteiger partial charge in [-0.05, 0) is 37.1 Å². The zero-order valence-corrected chi connectivity index (χ0v) is 13.0. The van der Waals surface area contributed by atoms with Gasteiger partial charge in [-0.3, -0.25) is 0 Å². The second-order valence-corrected chi connectivity index (χ2v) is 6.20. The van der Waals surface area contributed by atoms with E-state index in [-0.39, 0.29) is 11.7 Å². The standard InChI is InChI=1S/C18H21ClO2/c19-12-3-4-15-5-7-16(8-6-15)21-17-9-13-20-18(14-17)10-1-2-11-18/h5-8,17H,1-2,9-14H2. The lowest BCUT2D eigenvalue weighted by atomic mass is 9.90.